The molecule has 2 rings (SSSR count). The van der Waals surface area contributed by atoms with Crippen LogP contribution in [0.25, 0.3) is 0 Å². The van der Waals surface area contributed by atoms with Gasteiger partial charge < -0.3 is 20.4 Å². The maximum Gasteiger partial charge on any atom is 0.173 e. The van der Waals surface area contributed by atoms with Gasteiger partial charge >= 0.3 is 0 Å². The summed E-state index contributed by atoms with van der Waals surface area (Å²) in [6.45, 7) is 1.38. The fraction of sp³-hybridized carbons (Fsp3) is 0.562. The van der Waals surface area contributed by atoms with Crippen LogP contribution in [-0.2, 0) is 11.3 Å². The van der Waals surface area contributed by atoms with Gasteiger partial charge in [-0.2, -0.15) is 0 Å². The molecular formula is C16H24N2O3. The Morgan fingerprint density at radius 2 is 2.10 bits per heavy atom. The molecule has 5 heteroatoms. The van der Waals surface area contributed by atoms with Crippen molar-refractivity contribution in [1.82, 2.24) is 0 Å². The van der Waals surface area contributed by atoms with Crippen LogP contribution in [0.1, 0.15) is 43.2 Å². The Bertz CT molecular complexity index is 482. The molecule has 21 heavy (non-hydrogen) atoms. The maximum absolute atomic E-state index is 8.75. The summed E-state index contributed by atoms with van der Waals surface area (Å²) < 4.78 is 11.1. The number of hydrogen-bond acceptors (Lipinski definition) is 4. The molecule has 0 saturated heterocycles. The zero-order chi connectivity index (χ0) is 15.1. The molecule has 0 heterocycles. The standard InChI is InChI=1S/C16H24N2O3/c1-20-15-9-13(7-8-14(15)16(17)18-19)11-21-10-12-5-3-2-4-6-12/h7-9,12,19H,2-6,10-11H2,1H3,(H2,17,18). The molecule has 0 bridgehead atoms. The van der Waals surface area contributed by atoms with Gasteiger partial charge in [-0.05, 0) is 36.5 Å². The molecule has 1 aliphatic rings. The Morgan fingerprint density at radius 1 is 1.33 bits per heavy atom. The van der Waals surface area contributed by atoms with Crippen molar-refractivity contribution in [2.24, 2.45) is 16.8 Å². The molecule has 1 aliphatic carbocycles. The van der Waals surface area contributed by atoms with Gasteiger partial charge in [0.05, 0.1) is 19.3 Å². The normalized spacial score (nSPS) is 16.9. The summed E-state index contributed by atoms with van der Waals surface area (Å²) in [6.07, 6.45) is 6.59. The van der Waals surface area contributed by atoms with E-state index < -0.39 is 0 Å². The van der Waals surface area contributed by atoms with Crippen LogP contribution in [0, 0.1) is 5.92 Å². The van der Waals surface area contributed by atoms with Crippen molar-refractivity contribution >= 4 is 5.84 Å². The van der Waals surface area contributed by atoms with E-state index in [4.69, 9.17) is 20.4 Å². The van der Waals surface area contributed by atoms with E-state index in [9.17, 15) is 0 Å². The molecule has 1 fully saturated rings. The summed E-state index contributed by atoms with van der Waals surface area (Å²) in [7, 11) is 1.57. The molecule has 0 unspecified atom stereocenters. The molecule has 0 aliphatic heterocycles. The van der Waals surface area contributed by atoms with Crippen molar-refractivity contribution in [3.63, 3.8) is 0 Å². The van der Waals surface area contributed by atoms with Crippen molar-refractivity contribution in [2.75, 3.05) is 13.7 Å². The minimum atomic E-state index is 0.0431. The molecule has 5 nitrogen and oxygen atoms in total. The summed E-state index contributed by atoms with van der Waals surface area (Å²) >= 11 is 0. The largest absolute Gasteiger partial charge is 0.496 e. The number of amidine groups is 1. The van der Waals surface area contributed by atoms with Crippen molar-refractivity contribution in [3.05, 3.63) is 29.3 Å². The van der Waals surface area contributed by atoms with Crippen molar-refractivity contribution in [2.45, 2.75) is 38.7 Å². The van der Waals surface area contributed by atoms with Crippen LogP contribution in [-0.4, -0.2) is 24.8 Å². The quantitative estimate of drug-likeness (QED) is 0.366. The van der Waals surface area contributed by atoms with Gasteiger partial charge in [-0.1, -0.05) is 30.5 Å². The highest BCUT2D eigenvalue weighted by atomic mass is 16.5. The SMILES string of the molecule is COc1cc(COCC2CCCCC2)ccc1/C(N)=N/O. The van der Waals surface area contributed by atoms with E-state index >= 15 is 0 Å². The third kappa shape index (κ3) is 4.36. The van der Waals surface area contributed by atoms with Crippen molar-refractivity contribution in [3.8, 4) is 5.75 Å². The summed E-state index contributed by atoms with van der Waals surface area (Å²) in [5, 5.41) is 11.7. The van der Waals surface area contributed by atoms with Crippen molar-refractivity contribution < 1.29 is 14.7 Å². The Kier molecular flexibility index (Phi) is 5.87. The van der Waals surface area contributed by atoms with Crippen LogP contribution in [0.3, 0.4) is 0 Å². The topological polar surface area (TPSA) is 77.1 Å². The van der Waals surface area contributed by atoms with Crippen molar-refractivity contribution in [1.29, 1.82) is 0 Å². The first-order valence-corrected chi connectivity index (χ1v) is 7.47. The third-order valence-corrected chi connectivity index (χ3v) is 4.00. The first kappa shape index (κ1) is 15.6. The minimum absolute atomic E-state index is 0.0431. The van der Waals surface area contributed by atoms with Gasteiger partial charge in [-0.25, -0.2) is 0 Å². The lowest BCUT2D eigenvalue weighted by Crippen LogP contribution is -2.15. The van der Waals surface area contributed by atoms with Crippen LogP contribution in [0.5, 0.6) is 5.75 Å². The zero-order valence-corrected chi connectivity index (χ0v) is 12.5. The van der Waals surface area contributed by atoms with E-state index in [0.29, 0.717) is 23.8 Å². The molecule has 0 radical (unpaired) electrons. The Morgan fingerprint density at radius 3 is 2.76 bits per heavy atom. The average molecular weight is 292 g/mol. The van der Waals surface area contributed by atoms with Crippen LogP contribution in [0.15, 0.2) is 23.4 Å². The lowest BCUT2D eigenvalue weighted by atomic mass is 9.90. The number of hydrogen-bond donors (Lipinski definition) is 2. The van der Waals surface area contributed by atoms with E-state index in [0.717, 1.165) is 12.2 Å². The first-order chi connectivity index (χ1) is 10.2. The number of ether oxygens (including phenoxy) is 2. The zero-order valence-electron chi connectivity index (χ0n) is 12.5. The first-order valence-electron chi connectivity index (χ1n) is 7.47. The number of rotatable bonds is 6. The van der Waals surface area contributed by atoms with E-state index in [1.807, 2.05) is 12.1 Å². The average Bonchev–Trinajstić information content (AvgIpc) is 2.55. The smallest absolute Gasteiger partial charge is 0.173 e. The van der Waals surface area contributed by atoms with E-state index in [2.05, 4.69) is 5.16 Å². The molecule has 3 N–H and O–H groups in total. The third-order valence-electron chi connectivity index (χ3n) is 4.00. The molecule has 116 valence electrons. The van der Waals surface area contributed by atoms with Gasteiger partial charge in [0.25, 0.3) is 0 Å². The van der Waals surface area contributed by atoms with Gasteiger partial charge in [0.2, 0.25) is 0 Å². The predicted octanol–water partition coefficient (Wildman–Crippen LogP) is 2.89. The maximum atomic E-state index is 8.75. The highest BCUT2D eigenvalue weighted by Crippen LogP contribution is 2.25. The Balaban J connectivity index is 1.91. The number of benzene rings is 1. The summed E-state index contributed by atoms with van der Waals surface area (Å²) in [6, 6.07) is 5.57. The van der Waals surface area contributed by atoms with Crippen LogP contribution < -0.4 is 10.5 Å². The molecule has 0 spiro atoms. The second-order valence-corrected chi connectivity index (χ2v) is 5.54. The lowest BCUT2D eigenvalue weighted by Gasteiger charge is -2.21. The lowest BCUT2D eigenvalue weighted by molar-refractivity contribution is 0.0738. The van der Waals surface area contributed by atoms with Gasteiger partial charge in [0.15, 0.2) is 5.84 Å². The summed E-state index contributed by atoms with van der Waals surface area (Å²) in [5.41, 5.74) is 7.21. The Labute approximate surface area is 125 Å². The molecular weight excluding hydrogens is 268 g/mol. The molecule has 0 amide bonds. The van der Waals surface area contributed by atoms with Crippen LogP contribution in [0.2, 0.25) is 0 Å². The number of oxime groups is 1. The highest BCUT2D eigenvalue weighted by Gasteiger charge is 2.14. The molecule has 1 saturated carbocycles. The van der Waals surface area contributed by atoms with Crippen LogP contribution >= 0.6 is 0 Å². The molecule has 0 aromatic heterocycles. The fourth-order valence-corrected chi connectivity index (χ4v) is 2.79. The second-order valence-electron chi connectivity index (χ2n) is 5.54. The number of nitrogens with two attached hydrogens (primary N) is 1. The van der Waals surface area contributed by atoms with Gasteiger partial charge in [0, 0.05) is 6.61 Å². The number of methoxy groups -OCH3 is 1. The van der Waals surface area contributed by atoms with E-state index in [-0.39, 0.29) is 5.84 Å². The fourth-order valence-electron chi connectivity index (χ4n) is 2.79. The Hall–Kier alpha value is -1.75. The number of nitrogens with zero attached hydrogens (tertiary/aromatic N) is 1. The van der Waals surface area contributed by atoms with Gasteiger partial charge in [-0.15, -0.1) is 0 Å². The summed E-state index contributed by atoms with van der Waals surface area (Å²) in [4.78, 5) is 0. The second kappa shape index (κ2) is 7.88. The molecule has 1 aromatic rings. The molecule has 0 atom stereocenters. The van der Waals surface area contributed by atoms with Gasteiger partial charge in [0.1, 0.15) is 5.75 Å². The summed E-state index contributed by atoms with van der Waals surface area (Å²) in [5.74, 6) is 1.34. The van der Waals surface area contributed by atoms with Gasteiger partial charge in [-0.3, -0.25) is 0 Å². The van der Waals surface area contributed by atoms with E-state index in [1.165, 1.54) is 32.1 Å². The minimum Gasteiger partial charge on any atom is -0.496 e. The molecule has 1 aromatic carbocycles. The predicted molar refractivity (Wildman–Crippen MR) is 81.7 cm³/mol. The van der Waals surface area contributed by atoms with Crippen LogP contribution in [0.4, 0.5) is 0 Å². The van der Waals surface area contributed by atoms with E-state index in [1.54, 1.807) is 13.2 Å². The highest BCUT2D eigenvalue weighted by molar-refractivity contribution is 5.99. The monoisotopic (exact) mass is 292 g/mol.